The van der Waals surface area contributed by atoms with E-state index in [-0.39, 0.29) is 11.9 Å². The zero-order valence-electron chi connectivity index (χ0n) is 11.8. The molecule has 0 saturated heterocycles. The summed E-state index contributed by atoms with van der Waals surface area (Å²) >= 11 is 2.49. The van der Waals surface area contributed by atoms with Crippen molar-refractivity contribution < 1.29 is 9.53 Å². The van der Waals surface area contributed by atoms with Crippen LogP contribution in [0.4, 0.5) is 5.13 Å². The lowest BCUT2D eigenvalue weighted by Gasteiger charge is -2.12. The highest BCUT2D eigenvalue weighted by molar-refractivity contribution is 7.09. The first kappa shape index (κ1) is 15.8. The van der Waals surface area contributed by atoms with Gasteiger partial charge in [-0.15, -0.1) is 0 Å². The molecule has 2 N–H and O–H groups in total. The fourth-order valence-electron chi connectivity index (χ4n) is 1.54. The van der Waals surface area contributed by atoms with E-state index in [0.29, 0.717) is 24.4 Å². The summed E-state index contributed by atoms with van der Waals surface area (Å²) in [5, 5.41) is 6.82. The summed E-state index contributed by atoms with van der Waals surface area (Å²) < 4.78 is 13.1. The number of ether oxygens (including phenoxy) is 1. The van der Waals surface area contributed by atoms with Gasteiger partial charge in [0.1, 0.15) is 10.7 Å². The van der Waals surface area contributed by atoms with Gasteiger partial charge in [-0.25, -0.2) is 9.36 Å². The SMILES string of the molecule is COCCc1nsc(N[C@H](C)CNC(=O)c2ccns2)n1. The van der Waals surface area contributed by atoms with Gasteiger partial charge in [-0.1, -0.05) is 0 Å². The van der Waals surface area contributed by atoms with Crippen LogP contribution in [-0.4, -0.2) is 45.9 Å². The molecule has 21 heavy (non-hydrogen) atoms. The molecule has 0 radical (unpaired) electrons. The van der Waals surface area contributed by atoms with Crippen molar-refractivity contribution in [3.05, 3.63) is 23.0 Å². The molecule has 0 unspecified atom stereocenters. The van der Waals surface area contributed by atoms with Gasteiger partial charge in [-0.05, 0) is 24.5 Å². The molecule has 0 aliphatic heterocycles. The van der Waals surface area contributed by atoms with E-state index in [2.05, 4.69) is 24.4 Å². The lowest BCUT2D eigenvalue weighted by molar-refractivity contribution is 0.0956. The van der Waals surface area contributed by atoms with Crippen molar-refractivity contribution in [1.82, 2.24) is 19.0 Å². The van der Waals surface area contributed by atoms with Gasteiger partial charge in [0.05, 0.1) is 6.61 Å². The third kappa shape index (κ3) is 5.03. The number of nitrogens with one attached hydrogen (secondary N) is 2. The second-order valence-electron chi connectivity index (χ2n) is 4.39. The third-order valence-electron chi connectivity index (χ3n) is 2.60. The number of hydrogen-bond acceptors (Lipinski definition) is 8. The molecule has 7 nitrogen and oxygen atoms in total. The Hall–Kier alpha value is -1.58. The van der Waals surface area contributed by atoms with Crippen molar-refractivity contribution >= 4 is 34.1 Å². The van der Waals surface area contributed by atoms with Crippen LogP contribution in [-0.2, 0) is 11.2 Å². The minimum atomic E-state index is -0.107. The Morgan fingerprint density at radius 2 is 2.33 bits per heavy atom. The number of carbonyl (C=O) groups excluding carboxylic acids is 1. The predicted octanol–water partition coefficient (Wildman–Crippen LogP) is 1.41. The smallest absolute Gasteiger partial charge is 0.263 e. The molecule has 0 bridgehead atoms. The van der Waals surface area contributed by atoms with E-state index in [4.69, 9.17) is 4.74 Å². The van der Waals surface area contributed by atoms with Crippen LogP contribution in [0.25, 0.3) is 0 Å². The summed E-state index contributed by atoms with van der Waals surface area (Å²) in [6, 6.07) is 1.76. The third-order valence-corrected chi connectivity index (χ3v) is 4.03. The predicted molar refractivity (Wildman–Crippen MR) is 83.0 cm³/mol. The maximum Gasteiger partial charge on any atom is 0.263 e. The quantitative estimate of drug-likeness (QED) is 0.762. The second-order valence-corrected chi connectivity index (χ2v) is 5.98. The van der Waals surface area contributed by atoms with Crippen molar-refractivity contribution in [3.8, 4) is 0 Å². The zero-order chi connectivity index (χ0) is 15.1. The van der Waals surface area contributed by atoms with Crippen LogP contribution in [0.1, 0.15) is 22.4 Å². The highest BCUT2D eigenvalue weighted by atomic mass is 32.1. The maximum atomic E-state index is 11.8. The van der Waals surface area contributed by atoms with Crippen LogP contribution < -0.4 is 10.6 Å². The van der Waals surface area contributed by atoms with Gasteiger partial charge in [-0.3, -0.25) is 4.79 Å². The molecule has 0 aromatic carbocycles. The number of aromatic nitrogens is 3. The fraction of sp³-hybridized carbons (Fsp3) is 0.500. The summed E-state index contributed by atoms with van der Waals surface area (Å²) in [5.74, 6) is 0.662. The Balaban J connectivity index is 1.75. The Kier molecular flexibility index (Phi) is 6.03. The van der Waals surface area contributed by atoms with Crippen LogP contribution >= 0.6 is 23.1 Å². The van der Waals surface area contributed by atoms with Crippen molar-refractivity contribution in [1.29, 1.82) is 0 Å². The van der Waals surface area contributed by atoms with E-state index < -0.39 is 0 Å². The molecule has 1 amide bonds. The molecule has 0 spiro atoms. The van der Waals surface area contributed by atoms with Gasteiger partial charge >= 0.3 is 0 Å². The zero-order valence-corrected chi connectivity index (χ0v) is 13.5. The van der Waals surface area contributed by atoms with Crippen LogP contribution in [0.3, 0.4) is 0 Å². The van der Waals surface area contributed by atoms with E-state index in [1.807, 2.05) is 6.92 Å². The van der Waals surface area contributed by atoms with Gasteiger partial charge in [0, 0.05) is 43.8 Å². The summed E-state index contributed by atoms with van der Waals surface area (Å²) in [6.45, 7) is 3.09. The summed E-state index contributed by atoms with van der Waals surface area (Å²) in [4.78, 5) is 16.7. The topological polar surface area (TPSA) is 89.0 Å². The Labute approximate surface area is 131 Å². The lowest BCUT2D eigenvalue weighted by atomic mass is 10.3. The van der Waals surface area contributed by atoms with E-state index in [1.54, 1.807) is 19.4 Å². The molecule has 1 atom stereocenters. The van der Waals surface area contributed by atoms with Crippen LogP contribution in [0.5, 0.6) is 0 Å². The van der Waals surface area contributed by atoms with Crippen LogP contribution in [0.2, 0.25) is 0 Å². The Morgan fingerprint density at radius 1 is 1.48 bits per heavy atom. The van der Waals surface area contributed by atoms with Gasteiger partial charge < -0.3 is 15.4 Å². The maximum absolute atomic E-state index is 11.8. The Morgan fingerprint density at radius 3 is 3.05 bits per heavy atom. The van der Waals surface area contributed by atoms with Gasteiger partial charge in [0.25, 0.3) is 5.91 Å². The molecule has 9 heteroatoms. The molecule has 2 heterocycles. The molecular weight excluding hydrogens is 310 g/mol. The van der Waals surface area contributed by atoms with Crippen molar-refractivity contribution in [2.45, 2.75) is 19.4 Å². The second kappa shape index (κ2) is 8.01. The van der Waals surface area contributed by atoms with E-state index in [0.717, 1.165) is 11.0 Å². The molecule has 0 aliphatic carbocycles. The number of anilines is 1. The average Bonchev–Trinajstić information content (AvgIpc) is 3.14. The standard InChI is InChI=1S/C12H17N5O2S2/c1-8(7-13-11(18)9-3-5-14-20-9)15-12-16-10(17-21-12)4-6-19-2/h3,5,8H,4,6-7H2,1-2H3,(H,13,18)(H,15,16,17)/t8-/m1/s1. The van der Waals surface area contributed by atoms with Gasteiger partial charge in [-0.2, -0.15) is 4.37 Å². The van der Waals surface area contributed by atoms with Gasteiger partial charge in [0.15, 0.2) is 0 Å². The number of amides is 1. The molecule has 0 aliphatic rings. The van der Waals surface area contributed by atoms with Crippen molar-refractivity contribution in [2.75, 3.05) is 25.6 Å². The minimum Gasteiger partial charge on any atom is -0.384 e. The van der Waals surface area contributed by atoms with E-state index >= 15 is 0 Å². The number of hydrogen-bond donors (Lipinski definition) is 2. The van der Waals surface area contributed by atoms with Crippen molar-refractivity contribution in [3.63, 3.8) is 0 Å². The van der Waals surface area contributed by atoms with Crippen LogP contribution in [0, 0.1) is 0 Å². The monoisotopic (exact) mass is 327 g/mol. The molecule has 0 saturated carbocycles. The average molecular weight is 327 g/mol. The molecule has 2 rings (SSSR count). The number of rotatable bonds is 8. The molecule has 114 valence electrons. The number of carbonyl (C=O) groups is 1. The lowest BCUT2D eigenvalue weighted by Crippen LogP contribution is -2.34. The molecular formula is C12H17N5O2S2. The number of methoxy groups -OCH3 is 1. The summed E-state index contributed by atoms with van der Waals surface area (Å²) in [5.41, 5.74) is 0. The fourth-order valence-corrected chi connectivity index (χ4v) is 2.77. The minimum absolute atomic E-state index is 0.0603. The summed E-state index contributed by atoms with van der Waals surface area (Å²) in [7, 11) is 1.65. The first-order valence-corrected chi connectivity index (χ1v) is 8.00. The van der Waals surface area contributed by atoms with Crippen LogP contribution in [0.15, 0.2) is 12.3 Å². The van der Waals surface area contributed by atoms with Crippen molar-refractivity contribution in [2.24, 2.45) is 0 Å². The van der Waals surface area contributed by atoms with E-state index in [9.17, 15) is 4.79 Å². The molecule has 0 fully saturated rings. The first-order valence-electron chi connectivity index (χ1n) is 6.46. The normalized spacial score (nSPS) is 12.1. The highest BCUT2D eigenvalue weighted by Gasteiger charge is 2.11. The molecule has 2 aromatic heterocycles. The Bertz CT molecular complexity index is 558. The van der Waals surface area contributed by atoms with E-state index in [1.165, 1.54) is 23.1 Å². The number of nitrogens with zero attached hydrogens (tertiary/aromatic N) is 3. The van der Waals surface area contributed by atoms with Gasteiger partial charge in [0.2, 0.25) is 5.13 Å². The first-order chi connectivity index (χ1) is 10.2. The highest BCUT2D eigenvalue weighted by Crippen LogP contribution is 2.12. The largest absolute Gasteiger partial charge is 0.384 e. The summed E-state index contributed by atoms with van der Waals surface area (Å²) in [6.07, 6.45) is 2.31. The molecule has 2 aromatic rings.